The van der Waals surface area contributed by atoms with E-state index in [0.717, 1.165) is 17.0 Å². The predicted molar refractivity (Wildman–Crippen MR) is 48.5 cm³/mol. The van der Waals surface area contributed by atoms with Crippen molar-refractivity contribution >= 4 is 5.97 Å². The molecule has 1 heterocycles. The molecule has 0 spiro atoms. The summed E-state index contributed by atoms with van der Waals surface area (Å²) in [5, 5.41) is 8.66. The van der Waals surface area contributed by atoms with Crippen LogP contribution in [0.4, 0.5) is 0 Å². The van der Waals surface area contributed by atoms with Crippen LogP contribution < -0.4 is 28.5 Å². The Morgan fingerprint density at radius 2 is 1.71 bits per heavy atom. The van der Waals surface area contributed by atoms with Crippen molar-refractivity contribution in [1.82, 2.24) is 0 Å². The molecule has 1 aromatic rings. The molecule has 0 bridgehead atoms. The van der Waals surface area contributed by atoms with E-state index < -0.39 is 5.97 Å². The first-order valence-electron chi connectivity index (χ1n) is 4.20. The Hall–Kier alpha value is -0.650. The third-order valence-corrected chi connectivity index (χ3v) is 2.02. The van der Waals surface area contributed by atoms with Gasteiger partial charge in [0, 0.05) is 26.0 Å². The second-order valence-corrected chi connectivity index (χ2v) is 3.30. The van der Waals surface area contributed by atoms with Gasteiger partial charge in [-0.15, -0.1) is 0 Å². The van der Waals surface area contributed by atoms with E-state index in [1.165, 1.54) is 0 Å². The van der Waals surface area contributed by atoms with Crippen LogP contribution in [0.25, 0.3) is 0 Å². The maximum atomic E-state index is 10.5. The zero-order valence-electron chi connectivity index (χ0n) is 8.54. The quantitative estimate of drug-likeness (QED) is 0.507. The molecule has 1 N–H and O–H groups in total. The van der Waals surface area contributed by atoms with Gasteiger partial charge in [0.1, 0.15) is 0 Å². The lowest BCUT2D eigenvalue weighted by molar-refractivity contribution is -0.697. The zero-order valence-corrected chi connectivity index (χ0v) is 10.7. The molecule has 0 atom stereocenters. The summed E-state index contributed by atoms with van der Waals surface area (Å²) >= 11 is 0. The first-order chi connectivity index (χ1) is 6.00. The van der Waals surface area contributed by atoms with E-state index in [4.69, 9.17) is 5.11 Å². The van der Waals surface area contributed by atoms with E-state index >= 15 is 0 Å². The standard InChI is InChI=1S/C10H13NO2.HI/c1-7-4-8(2)11(6-10(12)13)9(3)5-7;/h4-5H,6H2,1-3H3;1H. The molecule has 4 heteroatoms. The fourth-order valence-corrected chi connectivity index (χ4v) is 1.52. The molecule has 0 aliphatic rings. The third kappa shape index (κ3) is 3.25. The maximum absolute atomic E-state index is 10.5. The molecule has 0 fully saturated rings. The van der Waals surface area contributed by atoms with E-state index in [2.05, 4.69) is 0 Å². The highest BCUT2D eigenvalue weighted by atomic mass is 127. The van der Waals surface area contributed by atoms with Crippen molar-refractivity contribution in [3.05, 3.63) is 29.1 Å². The highest BCUT2D eigenvalue weighted by Gasteiger charge is 2.14. The number of hydrogen-bond acceptors (Lipinski definition) is 1. The topological polar surface area (TPSA) is 41.2 Å². The lowest BCUT2D eigenvalue weighted by atomic mass is 10.2. The highest BCUT2D eigenvalue weighted by molar-refractivity contribution is 5.64. The van der Waals surface area contributed by atoms with Crippen molar-refractivity contribution in [2.24, 2.45) is 0 Å². The molecule has 78 valence electrons. The van der Waals surface area contributed by atoms with Crippen LogP contribution in [0.15, 0.2) is 12.1 Å². The lowest BCUT2D eigenvalue weighted by Gasteiger charge is -2.02. The van der Waals surface area contributed by atoms with E-state index in [1.54, 1.807) is 4.57 Å². The van der Waals surface area contributed by atoms with Crippen molar-refractivity contribution < 1.29 is 38.4 Å². The van der Waals surface area contributed by atoms with Gasteiger partial charge in [0.2, 0.25) is 6.54 Å². The molecule has 1 rings (SSSR count). The van der Waals surface area contributed by atoms with Gasteiger partial charge in [-0.2, -0.15) is 4.57 Å². The summed E-state index contributed by atoms with van der Waals surface area (Å²) in [7, 11) is 0. The summed E-state index contributed by atoms with van der Waals surface area (Å²) in [6, 6.07) is 3.96. The molecular formula is C10H14INO2. The maximum Gasteiger partial charge on any atom is 0.370 e. The minimum absolute atomic E-state index is 0. The van der Waals surface area contributed by atoms with Gasteiger partial charge in [0.15, 0.2) is 11.4 Å². The summed E-state index contributed by atoms with van der Waals surface area (Å²) in [5.41, 5.74) is 3.14. The number of carbonyl (C=O) groups is 1. The smallest absolute Gasteiger partial charge is 0.370 e. The second-order valence-electron chi connectivity index (χ2n) is 3.30. The first-order valence-corrected chi connectivity index (χ1v) is 4.20. The normalized spacial score (nSPS) is 9.36. The van der Waals surface area contributed by atoms with Gasteiger partial charge in [-0.05, 0) is 12.5 Å². The first kappa shape index (κ1) is 13.4. The molecule has 0 aliphatic carbocycles. The summed E-state index contributed by atoms with van der Waals surface area (Å²) < 4.78 is 1.79. The molecular weight excluding hydrogens is 293 g/mol. The number of aromatic nitrogens is 1. The number of hydrogen-bond donors (Lipinski definition) is 1. The Morgan fingerprint density at radius 1 is 1.29 bits per heavy atom. The molecule has 1 aromatic heterocycles. The van der Waals surface area contributed by atoms with E-state index in [9.17, 15) is 4.79 Å². The molecule has 0 aliphatic heterocycles. The van der Waals surface area contributed by atoms with Crippen LogP contribution in [0.5, 0.6) is 0 Å². The Labute approximate surface area is 101 Å². The van der Waals surface area contributed by atoms with Gasteiger partial charge >= 0.3 is 5.97 Å². The van der Waals surface area contributed by atoms with Crippen molar-refractivity contribution in [2.75, 3.05) is 0 Å². The van der Waals surface area contributed by atoms with Gasteiger partial charge in [0.05, 0.1) is 0 Å². The van der Waals surface area contributed by atoms with Gasteiger partial charge in [-0.1, -0.05) is 0 Å². The SMILES string of the molecule is Cc1cc(C)[n+](CC(=O)O)c(C)c1.[I-]. The summed E-state index contributed by atoms with van der Waals surface area (Å²) in [5.74, 6) is -0.806. The minimum atomic E-state index is -0.806. The third-order valence-electron chi connectivity index (χ3n) is 2.02. The Balaban J connectivity index is 0.00000169. The molecule has 0 saturated heterocycles. The summed E-state index contributed by atoms with van der Waals surface area (Å²) in [6.45, 7) is 5.88. The highest BCUT2D eigenvalue weighted by Crippen LogP contribution is 2.01. The van der Waals surface area contributed by atoms with E-state index in [-0.39, 0.29) is 30.5 Å². The van der Waals surface area contributed by atoms with Crippen molar-refractivity contribution in [3.63, 3.8) is 0 Å². The number of carboxylic acid groups (broad SMARTS) is 1. The number of carboxylic acids is 1. The van der Waals surface area contributed by atoms with Crippen molar-refractivity contribution in [2.45, 2.75) is 27.3 Å². The predicted octanol–water partition coefficient (Wildman–Crippen LogP) is -2.01. The number of aryl methyl sites for hydroxylation is 3. The molecule has 3 nitrogen and oxygen atoms in total. The number of nitrogens with zero attached hydrogens (tertiary/aromatic N) is 1. The van der Waals surface area contributed by atoms with E-state index in [0.29, 0.717) is 0 Å². The van der Waals surface area contributed by atoms with Crippen LogP contribution in [-0.4, -0.2) is 11.1 Å². The average Bonchev–Trinajstić information content (AvgIpc) is 1.96. The van der Waals surface area contributed by atoms with Gasteiger partial charge in [-0.3, -0.25) is 0 Å². The Kier molecular flexibility index (Phi) is 5.04. The zero-order chi connectivity index (χ0) is 10.0. The van der Waals surface area contributed by atoms with Crippen LogP contribution in [0.2, 0.25) is 0 Å². The molecule has 0 aromatic carbocycles. The van der Waals surface area contributed by atoms with Crippen LogP contribution in [0.3, 0.4) is 0 Å². The summed E-state index contributed by atoms with van der Waals surface area (Å²) in [4.78, 5) is 10.5. The van der Waals surface area contributed by atoms with Crippen LogP contribution in [0.1, 0.15) is 17.0 Å². The molecule has 0 radical (unpaired) electrons. The van der Waals surface area contributed by atoms with Crippen LogP contribution >= 0.6 is 0 Å². The number of aliphatic carboxylic acids is 1. The molecule has 0 unspecified atom stereocenters. The number of halogens is 1. The average molecular weight is 307 g/mol. The largest absolute Gasteiger partial charge is 1.00 e. The molecule has 0 amide bonds. The van der Waals surface area contributed by atoms with Crippen molar-refractivity contribution in [1.29, 1.82) is 0 Å². The minimum Gasteiger partial charge on any atom is -1.00 e. The lowest BCUT2D eigenvalue weighted by Crippen LogP contribution is -3.00. The molecule has 0 saturated carbocycles. The molecule has 14 heavy (non-hydrogen) atoms. The van der Waals surface area contributed by atoms with Gasteiger partial charge in [-0.25, -0.2) is 4.79 Å². The van der Waals surface area contributed by atoms with E-state index in [1.807, 2.05) is 32.9 Å². The van der Waals surface area contributed by atoms with Crippen LogP contribution in [-0.2, 0) is 11.3 Å². The number of rotatable bonds is 2. The van der Waals surface area contributed by atoms with Gasteiger partial charge in [0.25, 0.3) is 0 Å². The second kappa shape index (κ2) is 5.29. The Morgan fingerprint density at radius 3 is 2.07 bits per heavy atom. The van der Waals surface area contributed by atoms with Crippen LogP contribution in [0, 0.1) is 20.8 Å². The van der Waals surface area contributed by atoms with Crippen molar-refractivity contribution in [3.8, 4) is 0 Å². The number of pyridine rings is 1. The Bertz CT molecular complexity index is 327. The summed E-state index contributed by atoms with van der Waals surface area (Å²) in [6.07, 6.45) is 0. The monoisotopic (exact) mass is 307 g/mol. The fraction of sp³-hybridized carbons (Fsp3) is 0.400. The van der Waals surface area contributed by atoms with Gasteiger partial charge < -0.3 is 29.1 Å². The fourth-order valence-electron chi connectivity index (χ4n) is 1.52.